The summed E-state index contributed by atoms with van der Waals surface area (Å²) in [7, 11) is 1.97. The van der Waals surface area contributed by atoms with Crippen molar-refractivity contribution in [3.63, 3.8) is 0 Å². The van der Waals surface area contributed by atoms with E-state index >= 15 is 0 Å². The fourth-order valence-electron chi connectivity index (χ4n) is 3.12. The number of nitrogens with one attached hydrogen (secondary N) is 1. The van der Waals surface area contributed by atoms with Gasteiger partial charge in [-0.15, -0.1) is 0 Å². The number of hydrogen-bond acceptors (Lipinski definition) is 3. The summed E-state index contributed by atoms with van der Waals surface area (Å²) in [6, 6.07) is 11.3. The van der Waals surface area contributed by atoms with E-state index in [4.69, 9.17) is 0 Å². The molecule has 21 heavy (non-hydrogen) atoms. The Labute approximate surface area is 126 Å². The SMILES string of the molecule is CC1CNC(C)(c2ccccc2)CN1Cc1cnn(C)c1. The highest BCUT2D eigenvalue weighted by molar-refractivity contribution is 5.25. The zero-order chi connectivity index (χ0) is 14.9. The first kappa shape index (κ1) is 14.3. The lowest BCUT2D eigenvalue weighted by Crippen LogP contribution is -2.59. The molecule has 1 aliphatic heterocycles. The number of benzene rings is 1. The van der Waals surface area contributed by atoms with Gasteiger partial charge in [0, 0.05) is 44.5 Å². The first-order valence-electron chi connectivity index (χ1n) is 7.59. The molecule has 1 fully saturated rings. The Bertz CT molecular complexity index is 592. The minimum Gasteiger partial charge on any atom is -0.305 e. The normalized spacial score (nSPS) is 26.9. The van der Waals surface area contributed by atoms with Gasteiger partial charge >= 0.3 is 0 Å². The molecule has 1 N–H and O–H groups in total. The summed E-state index contributed by atoms with van der Waals surface area (Å²) in [6.07, 6.45) is 4.07. The predicted molar refractivity (Wildman–Crippen MR) is 84.9 cm³/mol. The summed E-state index contributed by atoms with van der Waals surface area (Å²) >= 11 is 0. The number of nitrogens with zero attached hydrogens (tertiary/aromatic N) is 3. The van der Waals surface area contributed by atoms with E-state index in [-0.39, 0.29) is 5.54 Å². The number of aromatic nitrogens is 2. The van der Waals surface area contributed by atoms with Crippen LogP contribution in [0, 0.1) is 0 Å². The number of rotatable bonds is 3. The van der Waals surface area contributed by atoms with Crippen molar-refractivity contribution in [2.45, 2.75) is 32.0 Å². The highest BCUT2D eigenvalue weighted by Crippen LogP contribution is 2.27. The van der Waals surface area contributed by atoms with Gasteiger partial charge in [-0.3, -0.25) is 9.58 Å². The minimum atomic E-state index is 0.00990. The van der Waals surface area contributed by atoms with Crippen LogP contribution in [0.3, 0.4) is 0 Å². The molecule has 112 valence electrons. The highest BCUT2D eigenvalue weighted by atomic mass is 15.3. The third-order valence-electron chi connectivity index (χ3n) is 4.49. The van der Waals surface area contributed by atoms with E-state index in [2.05, 4.69) is 65.7 Å². The molecule has 0 radical (unpaired) electrons. The first-order chi connectivity index (χ1) is 10.1. The summed E-state index contributed by atoms with van der Waals surface area (Å²) in [5.41, 5.74) is 2.64. The summed E-state index contributed by atoms with van der Waals surface area (Å²) in [5, 5.41) is 8.00. The van der Waals surface area contributed by atoms with Crippen LogP contribution < -0.4 is 5.32 Å². The molecule has 2 atom stereocenters. The molecule has 4 nitrogen and oxygen atoms in total. The average Bonchev–Trinajstić information content (AvgIpc) is 2.89. The van der Waals surface area contributed by atoms with Gasteiger partial charge in [0.1, 0.15) is 0 Å². The van der Waals surface area contributed by atoms with Gasteiger partial charge in [-0.05, 0) is 19.4 Å². The number of piperazine rings is 1. The molecular weight excluding hydrogens is 260 g/mol. The Kier molecular flexibility index (Phi) is 3.83. The van der Waals surface area contributed by atoms with Crippen molar-refractivity contribution in [3.05, 3.63) is 53.9 Å². The molecule has 3 rings (SSSR count). The maximum atomic E-state index is 4.28. The zero-order valence-corrected chi connectivity index (χ0v) is 13.1. The lowest BCUT2D eigenvalue weighted by atomic mass is 9.88. The predicted octanol–water partition coefficient (Wildman–Crippen LogP) is 2.13. The van der Waals surface area contributed by atoms with Crippen molar-refractivity contribution in [1.82, 2.24) is 20.0 Å². The van der Waals surface area contributed by atoms with Gasteiger partial charge in [0.25, 0.3) is 0 Å². The minimum absolute atomic E-state index is 0.00990. The quantitative estimate of drug-likeness (QED) is 0.937. The van der Waals surface area contributed by atoms with Crippen LogP contribution in [0.4, 0.5) is 0 Å². The standard InChI is InChI=1S/C17H24N4/c1-14-9-18-17(2,16-7-5-4-6-8-16)13-21(14)12-15-10-19-20(3)11-15/h4-8,10-11,14,18H,9,12-13H2,1-3H3. The molecule has 0 amide bonds. The Morgan fingerprint density at radius 1 is 1.33 bits per heavy atom. The molecule has 0 bridgehead atoms. The van der Waals surface area contributed by atoms with Crippen LogP contribution in [0.2, 0.25) is 0 Å². The van der Waals surface area contributed by atoms with Crippen molar-refractivity contribution in [3.8, 4) is 0 Å². The van der Waals surface area contributed by atoms with Crippen molar-refractivity contribution < 1.29 is 0 Å². The van der Waals surface area contributed by atoms with Crippen LogP contribution >= 0.6 is 0 Å². The van der Waals surface area contributed by atoms with E-state index in [0.29, 0.717) is 6.04 Å². The summed E-state index contributed by atoms with van der Waals surface area (Å²) in [6.45, 7) is 7.55. The molecule has 4 heteroatoms. The second-order valence-corrected chi connectivity index (χ2v) is 6.36. The van der Waals surface area contributed by atoms with Gasteiger partial charge in [0.15, 0.2) is 0 Å². The summed E-state index contributed by atoms with van der Waals surface area (Å²) in [4.78, 5) is 2.54. The molecule has 0 spiro atoms. The largest absolute Gasteiger partial charge is 0.305 e. The lowest BCUT2D eigenvalue weighted by molar-refractivity contribution is 0.0878. The third kappa shape index (κ3) is 3.01. The molecule has 2 unspecified atom stereocenters. The monoisotopic (exact) mass is 284 g/mol. The molecular formula is C17H24N4. The Morgan fingerprint density at radius 3 is 2.76 bits per heavy atom. The molecule has 1 saturated heterocycles. The van der Waals surface area contributed by atoms with Crippen LogP contribution in [0.1, 0.15) is 25.0 Å². The van der Waals surface area contributed by atoms with Crippen LogP contribution in [0.25, 0.3) is 0 Å². The lowest BCUT2D eigenvalue weighted by Gasteiger charge is -2.45. The van der Waals surface area contributed by atoms with Crippen molar-refractivity contribution in [2.75, 3.05) is 13.1 Å². The van der Waals surface area contributed by atoms with Crippen LogP contribution in [-0.2, 0) is 19.1 Å². The van der Waals surface area contributed by atoms with Crippen molar-refractivity contribution in [2.24, 2.45) is 7.05 Å². The maximum absolute atomic E-state index is 4.28. The molecule has 1 aromatic carbocycles. The van der Waals surface area contributed by atoms with Gasteiger partial charge in [-0.25, -0.2) is 0 Å². The Morgan fingerprint density at radius 2 is 2.10 bits per heavy atom. The van der Waals surface area contributed by atoms with E-state index in [1.165, 1.54) is 11.1 Å². The molecule has 2 aromatic rings. The fourth-order valence-corrected chi connectivity index (χ4v) is 3.12. The molecule has 0 aliphatic carbocycles. The molecule has 2 heterocycles. The smallest absolute Gasteiger partial charge is 0.0535 e. The maximum Gasteiger partial charge on any atom is 0.0535 e. The number of hydrogen-bond donors (Lipinski definition) is 1. The third-order valence-corrected chi connectivity index (χ3v) is 4.49. The summed E-state index contributed by atoms with van der Waals surface area (Å²) in [5.74, 6) is 0. The molecule has 0 saturated carbocycles. The Hall–Kier alpha value is -1.65. The Balaban J connectivity index is 1.78. The van der Waals surface area contributed by atoms with Crippen LogP contribution in [-0.4, -0.2) is 33.8 Å². The summed E-state index contributed by atoms with van der Waals surface area (Å²) < 4.78 is 1.87. The van der Waals surface area contributed by atoms with Gasteiger partial charge in [-0.1, -0.05) is 30.3 Å². The average molecular weight is 284 g/mol. The van der Waals surface area contributed by atoms with E-state index in [1.54, 1.807) is 0 Å². The first-order valence-corrected chi connectivity index (χ1v) is 7.59. The number of aryl methyl sites for hydroxylation is 1. The van der Waals surface area contributed by atoms with Gasteiger partial charge in [0.05, 0.1) is 11.7 Å². The van der Waals surface area contributed by atoms with Crippen molar-refractivity contribution in [1.29, 1.82) is 0 Å². The van der Waals surface area contributed by atoms with E-state index in [9.17, 15) is 0 Å². The highest BCUT2D eigenvalue weighted by Gasteiger charge is 2.35. The van der Waals surface area contributed by atoms with E-state index in [1.807, 2.05) is 17.9 Å². The fraction of sp³-hybridized carbons (Fsp3) is 0.471. The second kappa shape index (κ2) is 5.62. The zero-order valence-electron chi connectivity index (χ0n) is 13.1. The van der Waals surface area contributed by atoms with E-state index < -0.39 is 0 Å². The van der Waals surface area contributed by atoms with Gasteiger partial charge in [0.2, 0.25) is 0 Å². The second-order valence-electron chi connectivity index (χ2n) is 6.36. The van der Waals surface area contributed by atoms with Crippen LogP contribution in [0.15, 0.2) is 42.7 Å². The van der Waals surface area contributed by atoms with Crippen LogP contribution in [0.5, 0.6) is 0 Å². The molecule has 1 aromatic heterocycles. The van der Waals surface area contributed by atoms with E-state index in [0.717, 1.165) is 19.6 Å². The van der Waals surface area contributed by atoms with Gasteiger partial charge < -0.3 is 5.32 Å². The van der Waals surface area contributed by atoms with Gasteiger partial charge in [-0.2, -0.15) is 5.10 Å². The molecule has 1 aliphatic rings. The van der Waals surface area contributed by atoms with Crippen molar-refractivity contribution >= 4 is 0 Å². The topological polar surface area (TPSA) is 33.1 Å².